The van der Waals surface area contributed by atoms with Gasteiger partial charge in [0.25, 0.3) is 0 Å². The van der Waals surface area contributed by atoms with Crippen LogP contribution in [0.4, 0.5) is 0 Å². The fourth-order valence-electron chi connectivity index (χ4n) is 1.63. The number of aromatic nitrogens is 1. The molecule has 0 atom stereocenters. The number of pyridine rings is 1. The van der Waals surface area contributed by atoms with Crippen LogP contribution in [0.2, 0.25) is 5.15 Å². The third-order valence-corrected chi connectivity index (χ3v) is 3.01. The first kappa shape index (κ1) is 14.6. The highest BCUT2D eigenvalue weighted by atomic mass is 35.5. The molecular formula is C13H17ClN2O2. The highest BCUT2D eigenvalue weighted by molar-refractivity contribution is 6.30. The van der Waals surface area contributed by atoms with Crippen molar-refractivity contribution >= 4 is 23.3 Å². The van der Waals surface area contributed by atoms with Crippen molar-refractivity contribution in [3.63, 3.8) is 0 Å². The minimum atomic E-state index is -0.382. The zero-order chi connectivity index (χ0) is 13.9. The minimum Gasteiger partial charge on any atom is -0.370 e. The van der Waals surface area contributed by atoms with Gasteiger partial charge in [-0.15, -0.1) is 0 Å². The Morgan fingerprint density at radius 2 is 2.06 bits per heavy atom. The van der Waals surface area contributed by atoms with Crippen LogP contribution < -0.4 is 5.73 Å². The maximum Gasteiger partial charge on any atom is 0.217 e. The highest BCUT2D eigenvalue weighted by Crippen LogP contribution is 2.21. The molecule has 0 spiro atoms. The standard InChI is InChI=1S/C13H17ClN2O2/c1-7(2)12(18)10-6-8(3)9(13(14)16-10)4-5-11(15)17/h6-7H,4-5H2,1-3H3,(H2,15,17). The molecule has 0 radical (unpaired) electrons. The molecule has 0 bridgehead atoms. The summed E-state index contributed by atoms with van der Waals surface area (Å²) in [7, 11) is 0. The Morgan fingerprint density at radius 3 is 2.50 bits per heavy atom. The predicted octanol–water partition coefficient (Wildman–Crippen LogP) is 2.30. The number of carbonyl (C=O) groups is 2. The smallest absolute Gasteiger partial charge is 0.217 e. The molecule has 4 nitrogen and oxygen atoms in total. The molecule has 0 aliphatic heterocycles. The van der Waals surface area contributed by atoms with Crippen LogP contribution in [0.15, 0.2) is 6.07 Å². The molecule has 0 aliphatic carbocycles. The molecule has 1 heterocycles. The van der Waals surface area contributed by atoms with Crippen molar-refractivity contribution in [2.45, 2.75) is 33.6 Å². The van der Waals surface area contributed by atoms with Crippen molar-refractivity contribution < 1.29 is 9.59 Å². The number of carbonyl (C=O) groups excluding carboxylic acids is 2. The van der Waals surface area contributed by atoms with Crippen LogP contribution in [0.5, 0.6) is 0 Å². The number of Topliss-reactive ketones (excluding diaryl/α,β-unsaturated/α-hetero) is 1. The highest BCUT2D eigenvalue weighted by Gasteiger charge is 2.16. The quantitative estimate of drug-likeness (QED) is 0.658. The zero-order valence-corrected chi connectivity index (χ0v) is 11.5. The molecule has 1 rings (SSSR count). The molecule has 0 aromatic carbocycles. The molecule has 1 aromatic heterocycles. The molecule has 1 aromatic rings. The normalized spacial score (nSPS) is 10.7. The van der Waals surface area contributed by atoms with Gasteiger partial charge in [-0.25, -0.2) is 4.98 Å². The number of nitrogens with two attached hydrogens (primary N) is 1. The number of primary amides is 1. The van der Waals surface area contributed by atoms with E-state index in [1.54, 1.807) is 6.07 Å². The number of hydrogen-bond donors (Lipinski definition) is 1. The fourth-order valence-corrected chi connectivity index (χ4v) is 1.97. The van der Waals surface area contributed by atoms with E-state index in [1.807, 2.05) is 20.8 Å². The summed E-state index contributed by atoms with van der Waals surface area (Å²) in [6, 6.07) is 1.71. The number of ketones is 1. The molecule has 98 valence electrons. The lowest BCUT2D eigenvalue weighted by Crippen LogP contribution is -2.14. The van der Waals surface area contributed by atoms with Gasteiger partial charge in [-0.3, -0.25) is 9.59 Å². The van der Waals surface area contributed by atoms with Crippen LogP contribution in [0, 0.1) is 12.8 Å². The Balaban J connectivity index is 3.04. The summed E-state index contributed by atoms with van der Waals surface area (Å²) in [4.78, 5) is 26.7. The molecule has 18 heavy (non-hydrogen) atoms. The van der Waals surface area contributed by atoms with Crippen molar-refractivity contribution in [1.29, 1.82) is 0 Å². The third kappa shape index (κ3) is 3.53. The Kier molecular flexibility index (Phi) is 4.84. The van der Waals surface area contributed by atoms with Crippen LogP contribution in [-0.4, -0.2) is 16.7 Å². The van der Waals surface area contributed by atoms with Gasteiger partial charge < -0.3 is 5.73 Å². The molecule has 0 saturated carbocycles. The van der Waals surface area contributed by atoms with E-state index < -0.39 is 0 Å². The average molecular weight is 269 g/mol. The van der Waals surface area contributed by atoms with Crippen molar-refractivity contribution in [2.75, 3.05) is 0 Å². The van der Waals surface area contributed by atoms with E-state index in [1.165, 1.54) is 0 Å². The van der Waals surface area contributed by atoms with Gasteiger partial charge in [0.1, 0.15) is 10.8 Å². The molecule has 1 amide bonds. The van der Waals surface area contributed by atoms with Crippen molar-refractivity contribution in [2.24, 2.45) is 11.7 Å². The van der Waals surface area contributed by atoms with Crippen LogP contribution >= 0.6 is 11.6 Å². The SMILES string of the molecule is Cc1cc(C(=O)C(C)C)nc(Cl)c1CCC(N)=O. The van der Waals surface area contributed by atoms with Gasteiger partial charge in [0.05, 0.1) is 0 Å². The number of halogens is 1. The molecular weight excluding hydrogens is 252 g/mol. The van der Waals surface area contributed by atoms with Crippen LogP contribution in [0.3, 0.4) is 0 Å². The molecule has 2 N–H and O–H groups in total. The Morgan fingerprint density at radius 1 is 1.44 bits per heavy atom. The van der Waals surface area contributed by atoms with Crippen LogP contribution in [0.1, 0.15) is 41.9 Å². The number of rotatable bonds is 5. The maximum atomic E-state index is 11.8. The second-order valence-corrected chi connectivity index (χ2v) is 4.94. The largest absolute Gasteiger partial charge is 0.370 e. The molecule has 0 aliphatic rings. The first-order valence-corrected chi connectivity index (χ1v) is 6.19. The minimum absolute atomic E-state index is 0.0403. The van der Waals surface area contributed by atoms with Crippen molar-refractivity contribution in [3.8, 4) is 0 Å². The first-order chi connectivity index (χ1) is 8.32. The monoisotopic (exact) mass is 268 g/mol. The maximum absolute atomic E-state index is 11.8. The molecule has 5 heteroatoms. The summed E-state index contributed by atoms with van der Waals surface area (Å²) in [5, 5.41) is 0.278. The van der Waals surface area contributed by atoms with Gasteiger partial charge in [-0.05, 0) is 30.5 Å². The van der Waals surface area contributed by atoms with E-state index >= 15 is 0 Å². The Bertz CT molecular complexity index is 461. The molecule has 0 fully saturated rings. The van der Waals surface area contributed by atoms with E-state index in [-0.39, 0.29) is 29.2 Å². The van der Waals surface area contributed by atoms with Gasteiger partial charge in [-0.2, -0.15) is 0 Å². The number of hydrogen-bond acceptors (Lipinski definition) is 3. The summed E-state index contributed by atoms with van der Waals surface area (Å²) in [5.41, 5.74) is 7.11. The summed E-state index contributed by atoms with van der Waals surface area (Å²) in [6.07, 6.45) is 0.670. The number of amides is 1. The zero-order valence-electron chi connectivity index (χ0n) is 10.8. The lowest BCUT2D eigenvalue weighted by Gasteiger charge is -2.10. The first-order valence-electron chi connectivity index (χ1n) is 5.81. The summed E-state index contributed by atoms with van der Waals surface area (Å²) < 4.78 is 0. The van der Waals surface area contributed by atoms with Gasteiger partial charge >= 0.3 is 0 Å². The molecule has 0 unspecified atom stereocenters. The number of nitrogens with zero attached hydrogens (tertiary/aromatic N) is 1. The van der Waals surface area contributed by atoms with Gasteiger partial charge in [0, 0.05) is 12.3 Å². The Labute approximate surface area is 112 Å². The van der Waals surface area contributed by atoms with E-state index in [4.69, 9.17) is 17.3 Å². The van der Waals surface area contributed by atoms with Gasteiger partial charge in [0.15, 0.2) is 5.78 Å². The third-order valence-electron chi connectivity index (χ3n) is 2.70. The van der Waals surface area contributed by atoms with Crippen molar-refractivity contribution in [1.82, 2.24) is 4.98 Å². The summed E-state index contributed by atoms with van der Waals surface area (Å²) in [6.45, 7) is 5.48. The van der Waals surface area contributed by atoms with Gasteiger partial charge in [0.2, 0.25) is 5.91 Å². The van der Waals surface area contributed by atoms with Crippen LogP contribution in [0.25, 0.3) is 0 Å². The van der Waals surface area contributed by atoms with Crippen molar-refractivity contribution in [3.05, 3.63) is 28.0 Å². The summed E-state index contributed by atoms with van der Waals surface area (Å²) >= 11 is 6.05. The van der Waals surface area contributed by atoms with E-state index in [0.717, 1.165) is 11.1 Å². The fraction of sp³-hybridized carbons (Fsp3) is 0.462. The number of aryl methyl sites for hydroxylation is 1. The average Bonchev–Trinajstić information content (AvgIpc) is 2.26. The van der Waals surface area contributed by atoms with E-state index in [0.29, 0.717) is 12.1 Å². The lowest BCUT2D eigenvalue weighted by molar-refractivity contribution is -0.117. The Hall–Kier alpha value is -1.42. The predicted molar refractivity (Wildman–Crippen MR) is 70.7 cm³/mol. The van der Waals surface area contributed by atoms with Crippen LogP contribution in [-0.2, 0) is 11.2 Å². The second kappa shape index (κ2) is 5.96. The van der Waals surface area contributed by atoms with Gasteiger partial charge in [-0.1, -0.05) is 25.4 Å². The molecule has 0 saturated heterocycles. The second-order valence-electron chi connectivity index (χ2n) is 4.58. The van der Waals surface area contributed by atoms with E-state index in [9.17, 15) is 9.59 Å². The topological polar surface area (TPSA) is 73.1 Å². The summed E-state index contributed by atoms with van der Waals surface area (Å²) in [5.74, 6) is -0.543. The van der Waals surface area contributed by atoms with E-state index in [2.05, 4.69) is 4.98 Å². The lowest BCUT2D eigenvalue weighted by atomic mass is 10.0.